The summed E-state index contributed by atoms with van der Waals surface area (Å²) in [5, 5.41) is 7.12. The van der Waals surface area contributed by atoms with Gasteiger partial charge in [-0.1, -0.05) is 43.3 Å². The lowest BCUT2D eigenvalue weighted by Crippen LogP contribution is -2.36. The number of carbonyl (C=O) groups is 1. The molecular weight excluding hydrogens is 510 g/mol. The number of nitrogens with one attached hydrogen (secondary N) is 1. The summed E-state index contributed by atoms with van der Waals surface area (Å²) in [6, 6.07) is 17.8. The van der Waals surface area contributed by atoms with Crippen molar-refractivity contribution in [1.82, 2.24) is 9.78 Å². The van der Waals surface area contributed by atoms with Gasteiger partial charge in [0.2, 0.25) is 0 Å². The van der Waals surface area contributed by atoms with E-state index in [9.17, 15) is 22.4 Å². The Morgan fingerprint density at radius 3 is 2.21 bits per heavy atom. The first-order valence-corrected chi connectivity index (χ1v) is 12.8. The van der Waals surface area contributed by atoms with Gasteiger partial charge in [-0.2, -0.15) is 18.3 Å². The number of aryl methyl sites for hydroxylation is 2. The third-order valence-electron chi connectivity index (χ3n) is 6.94. The number of nitrogens with zero attached hydrogens (tertiary/aromatic N) is 2. The van der Waals surface area contributed by atoms with Crippen molar-refractivity contribution in [3.8, 4) is 11.5 Å². The summed E-state index contributed by atoms with van der Waals surface area (Å²) in [7, 11) is 0. The van der Waals surface area contributed by atoms with Crippen molar-refractivity contribution in [2.75, 3.05) is 5.32 Å². The average molecular weight is 538 g/mol. The molecule has 5 nitrogen and oxygen atoms in total. The fourth-order valence-electron chi connectivity index (χ4n) is 4.73. The summed E-state index contributed by atoms with van der Waals surface area (Å²) in [5.41, 5.74) is 2.84. The van der Waals surface area contributed by atoms with Crippen molar-refractivity contribution in [2.24, 2.45) is 0 Å². The Labute approximate surface area is 223 Å². The van der Waals surface area contributed by atoms with E-state index in [2.05, 4.69) is 10.4 Å². The van der Waals surface area contributed by atoms with Crippen molar-refractivity contribution in [3.05, 3.63) is 107 Å². The molecule has 0 fully saturated rings. The molecule has 0 amide bonds. The van der Waals surface area contributed by atoms with Crippen molar-refractivity contribution < 1.29 is 27.1 Å². The van der Waals surface area contributed by atoms with Gasteiger partial charge >= 0.3 is 6.18 Å². The van der Waals surface area contributed by atoms with Gasteiger partial charge in [-0.15, -0.1) is 0 Å². The zero-order chi connectivity index (χ0) is 27.6. The summed E-state index contributed by atoms with van der Waals surface area (Å²) in [5.74, 6) is 0.504. The summed E-state index contributed by atoms with van der Waals surface area (Å²) < 4.78 is 61.6. The molecule has 0 aliphatic carbocycles. The van der Waals surface area contributed by atoms with Crippen molar-refractivity contribution in [1.29, 1.82) is 0 Å². The zero-order valence-electron chi connectivity index (χ0n) is 21.2. The summed E-state index contributed by atoms with van der Waals surface area (Å²) in [4.78, 5) is 13.1. The van der Waals surface area contributed by atoms with E-state index in [4.69, 9.17) is 4.74 Å². The quantitative estimate of drug-likeness (QED) is 0.184. The van der Waals surface area contributed by atoms with Gasteiger partial charge in [0.25, 0.3) is 0 Å². The number of alkyl halides is 3. The molecule has 3 aromatic carbocycles. The molecule has 0 radical (unpaired) electrons. The number of rotatable bonds is 8. The normalized spacial score (nSPS) is 16.8. The van der Waals surface area contributed by atoms with Crippen LogP contribution in [0.15, 0.2) is 79.0 Å². The van der Waals surface area contributed by atoms with Gasteiger partial charge in [0, 0.05) is 12.8 Å². The Balaban J connectivity index is 1.29. The third kappa shape index (κ3) is 5.97. The van der Waals surface area contributed by atoms with Crippen LogP contribution in [0.3, 0.4) is 0 Å². The number of carbonyl (C=O) groups excluding carboxylic acids is 1. The first-order chi connectivity index (χ1) is 18.7. The lowest BCUT2D eigenvalue weighted by Gasteiger charge is -2.34. The second-order valence-electron chi connectivity index (χ2n) is 9.56. The molecule has 1 aliphatic heterocycles. The number of ether oxygens (including phenoxy) is 1. The molecule has 0 saturated carbocycles. The van der Waals surface area contributed by atoms with Gasteiger partial charge in [-0.25, -0.2) is 9.07 Å². The highest BCUT2D eigenvalue weighted by atomic mass is 19.4. The highest BCUT2D eigenvalue weighted by Crippen LogP contribution is 2.44. The summed E-state index contributed by atoms with van der Waals surface area (Å²) >= 11 is 0. The molecule has 5 rings (SSSR count). The van der Waals surface area contributed by atoms with Crippen LogP contribution in [0, 0.1) is 5.82 Å². The molecule has 39 heavy (non-hydrogen) atoms. The first kappa shape index (κ1) is 26.5. The van der Waals surface area contributed by atoms with Crippen LogP contribution in [-0.2, 0) is 12.8 Å². The predicted octanol–water partition coefficient (Wildman–Crippen LogP) is 7.85. The molecule has 1 N–H and O–H groups in total. The fraction of sp³-hybridized carbons (Fsp3) is 0.267. The molecule has 4 aromatic rings. The molecule has 0 saturated heterocycles. The Morgan fingerprint density at radius 1 is 0.974 bits per heavy atom. The van der Waals surface area contributed by atoms with Gasteiger partial charge in [-0.05, 0) is 65.9 Å². The molecule has 2 unspecified atom stereocenters. The largest absolute Gasteiger partial charge is 0.457 e. The minimum atomic E-state index is -4.51. The number of benzene rings is 3. The SMILES string of the molecule is CCc1ccc(C2CC(C(F)(F)F)n3ncc(C(=O)CCc4ccc(Oc5ccc(F)cc5)cc4)c3N2)cc1. The molecule has 202 valence electrons. The topological polar surface area (TPSA) is 56.2 Å². The Hall–Kier alpha value is -4.14. The van der Waals surface area contributed by atoms with Crippen LogP contribution < -0.4 is 10.1 Å². The molecule has 1 aromatic heterocycles. The molecule has 9 heteroatoms. The van der Waals surface area contributed by atoms with Crippen molar-refractivity contribution in [2.45, 2.75) is 50.9 Å². The minimum Gasteiger partial charge on any atom is -0.457 e. The first-order valence-electron chi connectivity index (χ1n) is 12.8. The summed E-state index contributed by atoms with van der Waals surface area (Å²) in [6.45, 7) is 2.01. The van der Waals surface area contributed by atoms with E-state index >= 15 is 0 Å². The number of fused-ring (bicyclic) bond motifs is 1. The third-order valence-corrected chi connectivity index (χ3v) is 6.94. The number of anilines is 1. The van der Waals surface area contributed by atoms with E-state index in [1.807, 2.05) is 43.3 Å². The number of Topliss-reactive ketones (excluding diaryl/α,β-unsaturated/α-hetero) is 1. The molecular formula is C30H27F4N3O2. The smallest absolute Gasteiger partial charge is 0.410 e. The van der Waals surface area contributed by atoms with E-state index in [1.54, 1.807) is 12.1 Å². The Kier molecular flexibility index (Phi) is 7.41. The van der Waals surface area contributed by atoms with Crippen LogP contribution >= 0.6 is 0 Å². The number of ketones is 1. The number of hydrogen-bond donors (Lipinski definition) is 1. The molecule has 2 heterocycles. The Bertz CT molecular complexity index is 1430. The van der Waals surface area contributed by atoms with Crippen LogP contribution in [0.25, 0.3) is 0 Å². The highest BCUT2D eigenvalue weighted by Gasteiger charge is 2.47. The number of aromatic nitrogens is 2. The van der Waals surface area contributed by atoms with E-state index in [0.717, 1.165) is 27.8 Å². The predicted molar refractivity (Wildman–Crippen MR) is 140 cm³/mol. The van der Waals surface area contributed by atoms with Gasteiger partial charge < -0.3 is 10.1 Å². The monoisotopic (exact) mass is 537 g/mol. The van der Waals surface area contributed by atoms with E-state index < -0.39 is 18.3 Å². The van der Waals surface area contributed by atoms with Crippen LogP contribution in [0.1, 0.15) is 58.9 Å². The zero-order valence-corrected chi connectivity index (χ0v) is 21.2. The maximum absolute atomic E-state index is 14.0. The fourth-order valence-corrected chi connectivity index (χ4v) is 4.73. The standard InChI is InChI=1S/C30H27F4N3O2/c1-2-19-3-8-21(9-4-19)26-17-28(30(32,33)34)37-29(36-26)25(18-35-37)27(38)16-7-20-5-12-23(13-6-20)39-24-14-10-22(31)11-15-24/h3-6,8-15,18,26,28,36H,2,7,16-17H2,1H3. The van der Waals surface area contributed by atoms with Crippen molar-refractivity contribution >= 4 is 11.6 Å². The summed E-state index contributed by atoms with van der Waals surface area (Å²) in [6.07, 6.45) is -2.17. The van der Waals surface area contributed by atoms with Gasteiger partial charge in [0.15, 0.2) is 11.8 Å². The second-order valence-corrected chi connectivity index (χ2v) is 9.56. The van der Waals surface area contributed by atoms with Gasteiger partial charge in [0.1, 0.15) is 23.1 Å². The molecule has 2 atom stereocenters. The Morgan fingerprint density at radius 2 is 1.59 bits per heavy atom. The number of hydrogen-bond acceptors (Lipinski definition) is 4. The highest BCUT2D eigenvalue weighted by molar-refractivity contribution is 6.00. The van der Waals surface area contributed by atoms with E-state index in [1.165, 1.54) is 30.5 Å². The maximum Gasteiger partial charge on any atom is 0.410 e. The average Bonchev–Trinajstić information content (AvgIpc) is 3.37. The van der Waals surface area contributed by atoms with Gasteiger partial charge in [-0.3, -0.25) is 4.79 Å². The molecule has 1 aliphatic rings. The van der Waals surface area contributed by atoms with Crippen molar-refractivity contribution in [3.63, 3.8) is 0 Å². The van der Waals surface area contributed by atoms with Crippen LogP contribution in [0.2, 0.25) is 0 Å². The van der Waals surface area contributed by atoms with Crippen LogP contribution in [0.4, 0.5) is 23.4 Å². The molecule has 0 bridgehead atoms. The van der Waals surface area contributed by atoms with E-state index in [0.29, 0.717) is 17.9 Å². The van der Waals surface area contributed by atoms with Crippen LogP contribution in [0.5, 0.6) is 11.5 Å². The molecule has 0 spiro atoms. The number of halogens is 4. The minimum absolute atomic E-state index is 0.0983. The lowest BCUT2D eigenvalue weighted by atomic mass is 9.95. The van der Waals surface area contributed by atoms with E-state index in [-0.39, 0.29) is 35.8 Å². The lowest BCUT2D eigenvalue weighted by molar-refractivity contribution is -0.173. The van der Waals surface area contributed by atoms with Crippen LogP contribution in [-0.4, -0.2) is 21.7 Å². The maximum atomic E-state index is 14.0. The second kappa shape index (κ2) is 10.9. The van der Waals surface area contributed by atoms with Gasteiger partial charge in [0.05, 0.1) is 17.8 Å².